The van der Waals surface area contributed by atoms with E-state index in [-0.39, 0.29) is 5.56 Å². The Morgan fingerprint density at radius 2 is 1.95 bits per heavy atom. The van der Waals surface area contributed by atoms with Crippen LogP contribution in [0.5, 0.6) is 5.88 Å². The molecule has 3 aromatic rings. The molecule has 0 spiro atoms. The first-order chi connectivity index (χ1) is 17.7. The number of fused-ring (bicyclic) bond motifs is 1. The van der Waals surface area contributed by atoms with Crippen LogP contribution in [0.1, 0.15) is 61.2 Å². The molecule has 1 aliphatic heterocycles. The summed E-state index contributed by atoms with van der Waals surface area (Å²) in [5.74, 6) is -3.95. The fourth-order valence-electron chi connectivity index (χ4n) is 5.15. The van der Waals surface area contributed by atoms with Crippen LogP contribution in [0, 0.1) is 30.0 Å². The van der Waals surface area contributed by atoms with Crippen molar-refractivity contribution in [3.05, 3.63) is 52.6 Å². The summed E-state index contributed by atoms with van der Waals surface area (Å²) in [5, 5.41) is 16.5. The van der Waals surface area contributed by atoms with Crippen molar-refractivity contribution in [2.24, 2.45) is 5.92 Å². The number of nitrogens with one attached hydrogen (secondary N) is 2. The Morgan fingerprint density at radius 3 is 2.59 bits per heavy atom. The minimum Gasteiger partial charge on any atom is -0.481 e. The number of hydrogen-bond donors (Lipinski definition) is 2. The summed E-state index contributed by atoms with van der Waals surface area (Å²) in [4.78, 5) is 13.4. The molecule has 7 nitrogen and oxygen atoms in total. The Bertz CT molecular complexity index is 1380. The highest BCUT2D eigenvalue weighted by atomic mass is 19.3. The number of ether oxygens (including phenoxy) is 1. The zero-order valence-corrected chi connectivity index (χ0v) is 21.0. The molecular weight excluding hydrogens is 481 g/mol. The van der Waals surface area contributed by atoms with Crippen LogP contribution < -0.4 is 15.4 Å². The number of rotatable bonds is 7. The largest absolute Gasteiger partial charge is 0.481 e. The van der Waals surface area contributed by atoms with Gasteiger partial charge < -0.3 is 15.4 Å². The maximum Gasteiger partial charge on any atom is 0.278 e. The van der Waals surface area contributed by atoms with Gasteiger partial charge >= 0.3 is 0 Å². The monoisotopic (exact) mass is 510 g/mol. The lowest BCUT2D eigenvalue weighted by molar-refractivity contribution is -0.0781. The van der Waals surface area contributed by atoms with E-state index in [0.29, 0.717) is 72.9 Å². The van der Waals surface area contributed by atoms with E-state index in [1.54, 1.807) is 19.9 Å². The predicted octanol–water partition coefficient (Wildman–Crippen LogP) is 5.30. The lowest BCUT2D eigenvalue weighted by Crippen LogP contribution is -2.37. The van der Waals surface area contributed by atoms with Crippen LogP contribution in [0.4, 0.5) is 19.0 Å². The molecule has 0 unspecified atom stereocenters. The van der Waals surface area contributed by atoms with Gasteiger partial charge in [-0.3, -0.25) is 0 Å². The third-order valence-electron chi connectivity index (χ3n) is 7.50. The average Bonchev–Trinajstić information content (AvgIpc) is 3.69. The molecule has 1 aromatic carbocycles. The minimum atomic E-state index is -3.27. The third kappa shape index (κ3) is 4.46. The van der Waals surface area contributed by atoms with Gasteiger partial charge in [0.25, 0.3) is 5.92 Å². The number of methoxy groups -OCH3 is 1. The van der Waals surface area contributed by atoms with Crippen molar-refractivity contribution in [2.75, 3.05) is 25.5 Å². The minimum absolute atomic E-state index is 0.118. The Labute approximate surface area is 213 Å². The molecule has 1 aliphatic carbocycles. The first kappa shape index (κ1) is 25.2. The number of alkyl halides is 2. The summed E-state index contributed by atoms with van der Waals surface area (Å²) < 4.78 is 51.8. The van der Waals surface area contributed by atoms with Crippen LogP contribution >= 0.6 is 0 Å². The summed E-state index contributed by atoms with van der Waals surface area (Å²) in [5.41, 5.74) is -0.104. The van der Waals surface area contributed by atoms with E-state index in [1.165, 1.54) is 25.3 Å². The summed E-state index contributed by atoms with van der Waals surface area (Å²) >= 11 is 0. The molecule has 10 heteroatoms. The summed E-state index contributed by atoms with van der Waals surface area (Å²) in [6.45, 7) is 4.39. The van der Waals surface area contributed by atoms with Gasteiger partial charge in [0.15, 0.2) is 5.65 Å². The van der Waals surface area contributed by atoms with E-state index in [4.69, 9.17) is 4.74 Å². The number of anilines is 1. The molecule has 1 saturated heterocycles. The molecule has 0 radical (unpaired) electrons. The van der Waals surface area contributed by atoms with E-state index in [1.807, 2.05) is 0 Å². The summed E-state index contributed by atoms with van der Waals surface area (Å²) in [6, 6.07) is 7.62. The van der Waals surface area contributed by atoms with Gasteiger partial charge in [-0.1, -0.05) is 18.2 Å². The Morgan fingerprint density at radius 1 is 1.22 bits per heavy atom. The lowest BCUT2D eigenvalue weighted by atomic mass is 9.86. The molecule has 0 bridgehead atoms. The summed E-state index contributed by atoms with van der Waals surface area (Å²) in [7, 11) is 1.50. The van der Waals surface area contributed by atoms with Gasteiger partial charge in [-0.25, -0.2) is 23.1 Å². The number of nitriles is 1. The van der Waals surface area contributed by atoms with Crippen molar-refractivity contribution in [2.45, 2.75) is 56.9 Å². The van der Waals surface area contributed by atoms with E-state index in [2.05, 4.69) is 31.7 Å². The van der Waals surface area contributed by atoms with Crippen LogP contribution in [0.3, 0.4) is 0 Å². The van der Waals surface area contributed by atoms with Crippen LogP contribution in [-0.2, 0) is 11.3 Å². The molecule has 2 aromatic heterocycles. The van der Waals surface area contributed by atoms with Crippen LogP contribution in [-0.4, -0.2) is 35.2 Å². The van der Waals surface area contributed by atoms with E-state index in [9.17, 15) is 5.26 Å². The van der Waals surface area contributed by atoms with Gasteiger partial charge in [0.2, 0.25) is 5.88 Å². The maximum absolute atomic E-state index is 15.6. The molecule has 5 rings (SSSR count). The van der Waals surface area contributed by atoms with Gasteiger partial charge in [-0.15, -0.1) is 0 Å². The molecule has 1 saturated carbocycles. The number of aryl methyl sites for hydroxylation is 1. The average molecular weight is 511 g/mol. The molecule has 37 heavy (non-hydrogen) atoms. The van der Waals surface area contributed by atoms with Crippen molar-refractivity contribution in [1.82, 2.24) is 20.3 Å². The number of aromatic nitrogens is 3. The van der Waals surface area contributed by atoms with Crippen molar-refractivity contribution in [1.29, 1.82) is 5.26 Å². The fraction of sp³-hybridized carbons (Fsp3) is 0.481. The molecule has 2 aliphatic rings. The molecule has 194 valence electrons. The topological polar surface area (TPSA) is 95.8 Å². The van der Waals surface area contributed by atoms with Gasteiger partial charge in [0, 0.05) is 17.0 Å². The maximum atomic E-state index is 15.6. The highest BCUT2D eigenvalue weighted by molar-refractivity contribution is 5.88. The summed E-state index contributed by atoms with van der Waals surface area (Å²) in [6.07, 6.45) is 1.98. The second kappa shape index (κ2) is 9.45. The zero-order valence-electron chi connectivity index (χ0n) is 21.0. The zero-order chi connectivity index (χ0) is 26.4. The first-order valence-corrected chi connectivity index (χ1v) is 12.5. The molecule has 2 N–H and O–H groups in total. The quantitative estimate of drug-likeness (QED) is 0.445. The SMILES string of the molecule is COc1nc2nc(C)nc(N[C@H](C)c3cccc(C(F)(F)C4CCNCC4)c3F)c2cc1C1(C#N)CC1. The number of hydrogen-bond acceptors (Lipinski definition) is 7. The number of benzene rings is 1. The highest BCUT2D eigenvalue weighted by Crippen LogP contribution is 2.51. The lowest BCUT2D eigenvalue weighted by Gasteiger charge is -2.31. The highest BCUT2D eigenvalue weighted by Gasteiger charge is 2.48. The molecular formula is C27H29F3N6O. The second-order valence-corrected chi connectivity index (χ2v) is 9.95. The van der Waals surface area contributed by atoms with Crippen molar-refractivity contribution >= 4 is 16.9 Å². The second-order valence-electron chi connectivity index (χ2n) is 9.95. The van der Waals surface area contributed by atoms with Gasteiger partial charge in [0.05, 0.1) is 35.6 Å². The number of halogens is 3. The van der Waals surface area contributed by atoms with Crippen molar-refractivity contribution in [3.63, 3.8) is 0 Å². The fourth-order valence-corrected chi connectivity index (χ4v) is 5.15. The molecule has 3 heterocycles. The predicted molar refractivity (Wildman–Crippen MR) is 133 cm³/mol. The standard InChI is InChI=1S/C27H29F3N6O/c1-15(18-5-4-6-20(22(18)28)27(29,30)17-7-11-32-12-8-17)33-23-19-13-21(26(14-31)9-10-26)25(37-3)36-24(19)35-16(2)34-23/h4-6,13,15,17,32H,7-12H2,1-3H3,(H,33,34,35,36)/t15-/m1/s1. The molecule has 2 fully saturated rings. The van der Waals surface area contributed by atoms with E-state index < -0.39 is 34.7 Å². The van der Waals surface area contributed by atoms with Crippen LogP contribution in [0.15, 0.2) is 24.3 Å². The Hall–Kier alpha value is -3.45. The number of piperidine rings is 1. The molecule has 0 amide bonds. The van der Waals surface area contributed by atoms with Crippen molar-refractivity contribution in [3.8, 4) is 11.9 Å². The van der Waals surface area contributed by atoms with Crippen molar-refractivity contribution < 1.29 is 17.9 Å². The van der Waals surface area contributed by atoms with Gasteiger partial charge in [0.1, 0.15) is 17.5 Å². The first-order valence-electron chi connectivity index (χ1n) is 12.5. The van der Waals surface area contributed by atoms with E-state index in [0.717, 1.165) is 0 Å². The third-order valence-corrected chi connectivity index (χ3v) is 7.50. The van der Waals surface area contributed by atoms with Gasteiger partial charge in [-0.2, -0.15) is 10.2 Å². The normalized spacial score (nSPS) is 18.3. The Balaban J connectivity index is 1.52. The Kier molecular flexibility index (Phi) is 6.44. The van der Waals surface area contributed by atoms with Crippen LogP contribution in [0.25, 0.3) is 11.0 Å². The van der Waals surface area contributed by atoms with Crippen LogP contribution in [0.2, 0.25) is 0 Å². The van der Waals surface area contributed by atoms with E-state index >= 15 is 13.2 Å². The molecule has 1 atom stereocenters. The van der Waals surface area contributed by atoms with Gasteiger partial charge in [-0.05, 0) is 58.7 Å². The number of nitrogens with zero attached hydrogens (tertiary/aromatic N) is 4. The smallest absolute Gasteiger partial charge is 0.278 e. The number of pyridine rings is 1.